The van der Waals surface area contributed by atoms with Gasteiger partial charge in [0.2, 0.25) is 0 Å². The first-order valence-corrected chi connectivity index (χ1v) is 5.79. The molecule has 1 heterocycles. The number of rotatable bonds is 4. The van der Waals surface area contributed by atoms with Gasteiger partial charge < -0.3 is 9.84 Å². The molecule has 6 nitrogen and oxygen atoms in total. The van der Waals surface area contributed by atoms with Crippen LogP contribution in [0.2, 0.25) is 0 Å². The van der Waals surface area contributed by atoms with E-state index in [1.807, 2.05) is 0 Å². The van der Waals surface area contributed by atoms with Crippen molar-refractivity contribution in [1.29, 1.82) is 0 Å². The molecule has 0 unspecified atom stereocenters. The van der Waals surface area contributed by atoms with Gasteiger partial charge in [0.1, 0.15) is 10.6 Å². The summed E-state index contributed by atoms with van der Waals surface area (Å²) in [6, 6.07) is 4.20. The summed E-state index contributed by atoms with van der Waals surface area (Å²) >= 11 is 0.936. The molecule has 0 saturated heterocycles. The number of carbonyl (C=O) groups is 1. The molecule has 0 bridgehead atoms. The van der Waals surface area contributed by atoms with Crippen molar-refractivity contribution in [2.45, 2.75) is 0 Å². The number of hydrogen-bond donors (Lipinski definition) is 1. The molecule has 0 radical (unpaired) electrons. The van der Waals surface area contributed by atoms with Gasteiger partial charge in [-0.15, -0.1) is 11.3 Å². The second kappa shape index (κ2) is 5.02. The van der Waals surface area contributed by atoms with Crippen LogP contribution in [0.5, 0.6) is 11.5 Å². The van der Waals surface area contributed by atoms with E-state index in [2.05, 4.69) is 0 Å². The van der Waals surface area contributed by atoms with E-state index < -0.39 is 16.7 Å². The molecule has 2 aromatic rings. The minimum atomic E-state index is -1.11. The lowest BCUT2D eigenvalue weighted by Gasteiger charge is -2.03. The van der Waals surface area contributed by atoms with Gasteiger partial charge in [-0.3, -0.25) is 10.1 Å². The first-order chi connectivity index (χ1) is 8.97. The van der Waals surface area contributed by atoms with E-state index in [1.54, 1.807) is 0 Å². The van der Waals surface area contributed by atoms with Crippen LogP contribution in [0.4, 0.5) is 10.1 Å². The fraction of sp³-hybridized carbons (Fsp3) is 0. The zero-order chi connectivity index (χ0) is 14.0. The quantitative estimate of drug-likeness (QED) is 0.686. The molecule has 1 aromatic heterocycles. The normalized spacial score (nSPS) is 10.2. The zero-order valence-corrected chi connectivity index (χ0v) is 10.0. The highest BCUT2D eigenvalue weighted by Gasteiger charge is 2.14. The van der Waals surface area contributed by atoms with Crippen LogP contribution in [-0.4, -0.2) is 16.0 Å². The third kappa shape index (κ3) is 2.86. The number of aromatic carboxylic acids is 1. The molecule has 0 saturated carbocycles. The Labute approximate surface area is 109 Å². The minimum absolute atomic E-state index is 0.0531. The average Bonchev–Trinajstić information content (AvgIpc) is 2.80. The van der Waals surface area contributed by atoms with E-state index in [0.29, 0.717) is 0 Å². The van der Waals surface area contributed by atoms with Gasteiger partial charge in [-0.25, -0.2) is 9.18 Å². The molecule has 98 valence electrons. The Kier molecular flexibility index (Phi) is 3.43. The molecule has 0 atom stereocenters. The monoisotopic (exact) mass is 283 g/mol. The first-order valence-electron chi connectivity index (χ1n) is 4.91. The molecule has 0 spiro atoms. The SMILES string of the molecule is O=C(O)c1cc(Oc2ccc([N+](=O)[O-])cc2F)cs1. The number of carboxylic acid groups (broad SMARTS) is 1. The molecule has 0 fully saturated rings. The van der Waals surface area contributed by atoms with Crippen LogP contribution in [0.1, 0.15) is 9.67 Å². The number of non-ortho nitro benzene ring substituents is 1. The van der Waals surface area contributed by atoms with Crippen LogP contribution in [-0.2, 0) is 0 Å². The summed E-state index contributed by atoms with van der Waals surface area (Å²) in [5.74, 6) is -2.04. The number of halogens is 1. The first kappa shape index (κ1) is 13.0. The number of carboxylic acids is 1. The van der Waals surface area contributed by atoms with Crippen molar-refractivity contribution in [2.75, 3.05) is 0 Å². The molecule has 0 aliphatic heterocycles. The summed E-state index contributed by atoms with van der Waals surface area (Å²) in [5, 5.41) is 20.6. The van der Waals surface area contributed by atoms with Crippen molar-refractivity contribution in [2.24, 2.45) is 0 Å². The molecule has 8 heteroatoms. The van der Waals surface area contributed by atoms with Gasteiger partial charge >= 0.3 is 5.97 Å². The number of nitrogens with zero attached hydrogens (tertiary/aromatic N) is 1. The van der Waals surface area contributed by atoms with Crippen LogP contribution >= 0.6 is 11.3 Å². The third-order valence-electron chi connectivity index (χ3n) is 2.14. The lowest BCUT2D eigenvalue weighted by atomic mass is 10.3. The molecule has 0 aliphatic carbocycles. The van der Waals surface area contributed by atoms with Crippen molar-refractivity contribution < 1.29 is 24.0 Å². The van der Waals surface area contributed by atoms with E-state index in [0.717, 1.165) is 29.5 Å². The maximum absolute atomic E-state index is 13.5. The fourth-order valence-electron chi connectivity index (χ4n) is 1.30. The second-order valence-corrected chi connectivity index (χ2v) is 4.34. The predicted octanol–water partition coefficient (Wildman–Crippen LogP) is 3.29. The van der Waals surface area contributed by atoms with Crippen LogP contribution in [0, 0.1) is 15.9 Å². The number of nitro benzene ring substituents is 1. The summed E-state index contributed by atoms with van der Waals surface area (Å²) in [5.41, 5.74) is -0.388. The topological polar surface area (TPSA) is 89.7 Å². The maximum Gasteiger partial charge on any atom is 0.346 e. The molecule has 1 aromatic carbocycles. The van der Waals surface area contributed by atoms with Crippen molar-refractivity contribution >= 4 is 23.0 Å². The summed E-state index contributed by atoms with van der Waals surface area (Å²) < 4.78 is 18.6. The zero-order valence-electron chi connectivity index (χ0n) is 9.20. The molecule has 1 N–H and O–H groups in total. The van der Waals surface area contributed by atoms with Crippen LogP contribution < -0.4 is 4.74 Å². The molecular weight excluding hydrogens is 277 g/mol. The number of nitro groups is 1. The number of thiophene rings is 1. The molecule has 0 amide bonds. The van der Waals surface area contributed by atoms with E-state index >= 15 is 0 Å². The highest BCUT2D eigenvalue weighted by Crippen LogP contribution is 2.30. The Morgan fingerprint density at radius 1 is 1.42 bits per heavy atom. The van der Waals surface area contributed by atoms with Gasteiger partial charge in [0.25, 0.3) is 5.69 Å². The van der Waals surface area contributed by atoms with Crippen LogP contribution in [0.15, 0.2) is 29.6 Å². The third-order valence-corrected chi connectivity index (χ3v) is 3.04. The van der Waals surface area contributed by atoms with Crippen LogP contribution in [0.25, 0.3) is 0 Å². The van der Waals surface area contributed by atoms with Crippen molar-refractivity contribution in [3.8, 4) is 11.5 Å². The van der Waals surface area contributed by atoms with Crippen molar-refractivity contribution in [3.63, 3.8) is 0 Å². The largest absolute Gasteiger partial charge is 0.477 e. The Bertz CT molecular complexity index is 654. The summed E-state index contributed by atoms with van der Waals surface area (Å²) in [6.07, 6.45) is 0. The van der Waals surface area contributed by atoms with Gasteiger partial charge in [-0.1, -0.05) is 0 Å². The van der Waals surface area contributed by atoms with E-state index in [1.165, 1.54) is 11.4 Å². The maximum atomic E-state index is 13.5. The minimum Gasteiger partial charge on any atom is -0.477 e. The van der Waals surface area contributed by atoms with Crippen molar-refractivity contribution in [3.05, 3.63) is 50.5 Å². The van der Waals surface area contributed by atoms with Gasteiger partial charge in [-0.2, -0.15) is 0 Å². The van der Waals surface area contributed by atoms with Gasteiger partial charge in [0.15, 0.2) is 11.6 Å². The lowest BCUT2D eigenvalue weighted by Crippen LogP contribution is -1.92. The highest BCUT2D eigenvalue weighted by molar-refractivity contribution is 7.12. The Balaban J connectivity index is 2.23. The van der Waals surface area contributed by atoms with E-state index in [9.17, 15) is 19.3 Å². The Morgan fingerprint density at radius 2 is 2.16 bits per heavy atom. The Morgan fingerprint density at radius 3 is 2.68 bits per heavy atom. The number of ether oxygens (including phenoxy) is 1. The van der Waals surface area contributed by atoms with Gasteiger partial charge in [0, 0.05) is 17.5 Å². The van der Waals surface area contributed by atoms with Gasteiger partial charge in [0.05, 0.1) is 11.0 Å². The number of benzene rings is 1. The molecule has 0 aliphatic rings. The summed E-state index contributed by atoms with van der Waals surface area (Å²) in [7, 11) is 0. The lowest BCUT2D eigenvalue weighted by molar-refractivity contribution is -0.385. The number of hydrogen-bond acceptors (Lipinski definition) is 5. The van der Waals surface area contributed by atoms with Crippen molar-refractivity contribution in [1.82, 2.24) is 0 Å². The van der Waals surface area contributed by atoms with E-state index in [4.69, 9.17) is 9.84 Å². The fourth-order valence-corrected chi connectivity index (χ4v) is 1.94. The molecular formula is C11H6FNO5S. The smallest absolute Gasteiger partial charge is 0.346 e. The average molecular weight is 283 g/mol. The van der Waals surface area contributed by atoms with Gasteiger partial charge in [-0.05, 0) is 6.07 Å². The standard InChI is InChI=1S/C11H6FNO5S/c12-8-3-6(13(16)17)1-2-9(8)18-7-4-10(11(14)15)19-5-7/h1-5H,(H,14,15). The second-order valence-electron chi connectivity index (χ2n) is 3.43. The highest BCUT2D eigenvalue weighted by atomic mass is 32.1. The molecule has 2 rings (SSSR count). The summed E-state index contributed by atoms with van der Waals surface area (Å²) in [4.78, 5) is 20.4. The predicted molar refractivity (Wildman–Crippen MR) is 64.4 cm³/mol. The van der Waals surface area contributed by atoms with Crippen LogP contribution in [0.3, 0.4) is 0 Å². The Hall–Kier alpha value is -2.48. The summed E-state index contributed by atoms with van der Waals surface area (Å²) in [6.45, 7) is 0. The molecule has 19 heavy (non-hydrogen) atoms. The van der Waals surface area contributed by atoms with E-state index in [-0.39, 0.29) is 22.1 Å².